The van der Waals surface area contributed by atoms with Crippen molar-refractivity contribution in [1.29, 1.82) is 0 Å². The van der Waals surface area contributed by atoms with E-state index in [1.54, 1.807) is 23.9 Å². The minimum Gasteiger partial charge on any atom is -0.486 e. The van der Waals surface area contributed by atoms with Gasteiger partial charge >= 0.3 is 5.97 Å². The third kappa shape index (κ3) is 3.28. The third-order valence-corrected chi connectivity index (χ3v) is 4.00. The van der Waals surface area contributed by atoms with Gasteiger partial charge < -0.3 is 14.6 Å². The molecule has 0 fully saturated rings. The molecule has 0 spiro atoms. The summed E-state index contributed by atoms with van der Waals surface area (Å²) < 4.78 is 11.0. The Kier molecular flexibility index (Phi) is 3.96. The van der Waals surface area contributed by atoms with Gasteiger partial charge in [0.2, 0.25) is 0 Å². The van der Waals surface area contributed by atoms with Crippen molar-refractivity contribution in [3.63, 3.8) is 0 Å². The average Bonchev–Trinajstić information content (AvgIpc) is 2.53. The Balaban J connectivity index is 1.65. The molecule has 1 aliphatic rings. The molecular formula is C15H13NO4S. The van der Waals surface area contributed by atoms with E-state index < -0.39 is 5.97 Å². The van der Waals surface area contributed by atoms with E-state index in [1.165, 1.54) is 6.20 Å². The molecule has 0 amide bonds. The predicted octanol–water partition coefficient (Wildman–Crippen LogP) is 2.84. The van der Waals surface area contributed by atoms with Crippen molar-refractivity contribution in [3.8, 4) is 11.5 Å². The first-order valence-corrected chi connectivity index (χ1v) is 7.41. The van der Waals surface area contributed by atoms with Crippen molar-refractivity contribution in [2.24, 2.45) is 0 Å². The number of carbonyl (C=O) groups is 1. The molecule has 1 aromatic heterocycles. The van der Waals surface area contributed by atoms with Crippen molar-refractivity contribution in [1.82, 2.24) is 4.98 Å². The highest BCUT2D eigenvalue weighted by molar-refractivity contribution is 7.98. The molecule has 2 aromatic rings. The first-order chi connectivity index (χ1) is 10.2. The fourth-order valence-electron chi connectivity index (χ4n) is 1.91. The van der Waals surface area contributed by atoms with Crippen LogP contribution in [0.3, 0.4) is 0 Å². The van der Waals surface area contributed by atoms with Gasteiger partial charge in [0.25, 0.3) is 0 Å². The monoisotopic (exact) mass is 303 g/mol. The second-order valence-corrected chi connectivity index (χ2v) is 5.49. The van der Waals surface area contributed by atoms with Crippen LogP contribution < -0.4 is 9.47 Å². The molecule has 1 N–H and O–H groups in total. The summed E-state index contributed by atoms with van der Waals surface area (Å²) in [6, 6.07) is 9.12. The number of aromatic carboxylic acids is 1. The molecule has 0 atom stereocenters. The number of fused-ring (bicyclic) bond motifs is 1. The number of carboxylic acid groups (broad SMARTS) is 1. The van der Waals surface area contributed by atoms with E-state index in [0.717, 1.165) is 22.1 Å². The molecule has 5 nitrogen and oxygen atoms in total. The van der Waals surface area contributed by atoms with Crippen LogP contribution in [-0.4, -0.2) is 29.3 Å². The summed E-state index contributed by atoms with van der Waals surface area (Å²) >= 11 is 1.62. The highest BCUT2D eigenvalue weighted by atomic mass is 32.2. The van der Waals surface area contributed by atoms with Crippen molar-refractivity contribution >= 4 is 17.7 Å². The minimum atomic E-state index is -0.964. The van der Waals surface area contributed by atoms with Crippen molar-refractivity contribution in [3.05, 3.63) is 47.8 Å². The number of nitrogens with zero attached hydrogens (tertiary/aromatic N) is 1. The van der Waals surface area contributed by atoms with Crippen LogP contribution in [0.5, 0.6) is 11.5 Å². The standard InChI is InChI=1S/C15H13NO4S/c17-15(18)10-1-2-11(16-8-10)9-21-12-3-4-13-14(7-12)20-6-5-19-13/h1-4,7-8H,5-6,9H2,(H,17,18). The van der Waals surface area contributed by atoms with Crippen LogP contribution >= 0.6 is 11.8 Å². The number of hydrogen-bond donors (Lipinski definition) is 1. The van der Waals surface area contributed by atoms with Crippen molar-refractivity contribution < 1.29 is 19.4 Å². The molecule has 3 rings (SSSR count). The molecule has 1 aromatic carbocycles. The summed E-state index contributed by atoms with van der Waals surface area (Å²) in [4.78, 5) is 16.0. The number of pyridine rings is 1. The summed E-state index contributed by atoms with van der Waals surface area (Å²) in [6.45, 7) is 1.15. The molecule has 108 valence electrons. The lowest BCUT2D eigenvalue weighted by atomic mass is 10.2. The maximum absolute atomic E-state index is 10.8. The Labute approximate surface area is 125 Å². The second kappa shape index (κ2) is 6.05. The second-order valence-electron chi connectivity index (χ2n) is 4.44. The van der Waals surface area contributed by atoms with Crippen LogP contribution in [0.2, 0.25) is 0 Å². The number of rotatable bonds is 4. The fourth-order valence-corrected chi connectivity index (χ4v) is 2.75. The van der Waals surface area contributed by atoms with Crippen molar-refractivity contribution in [2.75, 3.05) is 13.2 Å². The van der Waals surface area contributed by atoms with Gasteiger partial charge in [-0.05, 0) is 30.3 Å². The zero-order valence-electron chi connectivity index (χ0n) is 11.1. The topological polar surface area (TPSA) is 68.7 Å². The van der Waals surface area contributed by atoms with E-state index in [1.807, 2.05) is 18.2 Å². The number of hydrogen-bond acceptors (Lipinski definition) is 5. The van der Waals surface area contributed by atoms with Gasteiger partial charge in [0.1, 0.15) is 13.2 Å². The first-order valence-electron chi connectivity index (χ1n) is 6.43. The van der Waals surface area contributed by atoms with Gasteiger partial charge in [-0.25, -0.2) is 4.79 Å². The maximum atomic E-state index is 10.8. The molecule has 0 unspecified atom stereocenters. The first kappa shape index (κ1) is 13.8. The molecule has 0 radical (unpaired) electrons. The zero-order valence-corrected chi connectivity index (χ0v) is 11.9. The van der Waals surface area contributed by atoms with Crippen LogP contribution in [0.15, 0.2) is 41.4 Å². The number of thioether (sulfide) groups is 1. The van der Waals surface area contributed by atoms with Gasteiger partial charge in [0.05, 0.1) is 11.3 Å². The van der Waals surface area contributed by atoms with E-state index in [4.69, 9.17) is 14.6 Å². The van der Waals surface area contributed by atoms with Gasteiger partial charge in [0, 0.05) is 16.8 Å². The molecule has 0 aliphatic carbocycles. The number of aromatic nitrogens is 1. The van der Waals surface area contributed by atoms with E-state index >= 15 is 0 Å². The van der Waals surface area contributed by atoms with E-state index in [9.17, 15) is 4.79 Å². The normalized spacial score (nSPS) is 13.0. The molecular weight excluding hydrogens is 290 g/mol. The Morgan fingerprint density at radius 2 is 2.00 bits per heavy atom. The van der Waals surface area contributed by atoms with E-state index in [0.29, 0.717) is 19.0 Å². The summed E-state index contributed by atoms with van der Waals surface area (Å²) in [5.74, 6) is 1.24. The Hall–Kier alpha value is -2.21. The highest BCUT2D eigenvalue weighted by Gasteiger charge is 2.12. The van der Waals surface area contributed by atoms with Gasteiger partial charge in [-0.2, -0.15) is 0 Å². The average molecular weight is 303 g/mol. The van der Waals surface area contributed by atoms with Crippen LogP contribution in [0, 0.1) is 0 Å². The zero-order chi connectivity index (χ0) is 14.7. The van der Waals surface area contributed by atoms with Crippen LogP contribution in [0.25, 0.3) is 0 Å². The van der Waals surface area contributed by atoms with Crippen LogP contribution in [-0.2, 0) is 5.75 Å². The maximum Gasteiger partial charge on any atom is 0.337 e. The fraction of sp³-hybridized carbons (Fsp3) is 0.200. The Morgan fingerprint density at radius 1 is 1.19 bits per heavy atom. The summed E-state index contributed by atoms with van der Waals surface area (Å²) in [5.41, 5.74) is 1.03. The van der Waals surface area contributed by atoms with Gasteiger partial charge in [-0.1, -0.05) is 0 Å². The van der Waals surface area contributed by atoms with Gasteiger partial charge in [-0.15, -0.1) is 11.8 Å². The Bertz CT molecular complexity index is 657. The lowest BCUT2D eigenvalue weighted by molar-refractivity contribution is 0.0696. The molecule has 6 heteroatoms. The lowest BCUT2D eigenvalue weighted by Gasteiger charge is -2.18. The third-order valence-electron chi connectivity index (χ3n) is 2.97. The molecule has 2 heterocycles. The lowest BCUT2D eigenvalue weighted by Crippen LogP contribution is -2.15. The van der Waals surface area contributed by atoms with E-state index in [-0.39, 0.29) is 5.56 Å². The molecule has 0 saturated heterocycles. The number of carboxylic acids is 1. The van der Waals surface area contributed by atoms with Crippen LogP contribution in [0.4, 0.5) is 0 Å². The summed E-state index contributed by atoms with van der Waals surface area (Å²) in [7, 11) is 0. The smallest absolute Gasteiger partial charge is 0.337 e. The quantitative estimate of drug-likeness (QED) is 0.876. The SMILES string of the molecule is O=C(O)c1ccc(CSc2ccc3c(c2)OCCO3)nc1. The molecule has 0 bridgehead atoms. The molecule has 1 aliphatic heterocycles. The van der Waals surface area contributed by atoms with Gasteiger partial charge in [-0.3, -0.25) is 4.98 Å². The van der Waals surface area contributed by atoms with Gasteiger partial charge in [0.15, 0.2) is 11.5 Å². The number of benzene rings is 1. The minimum absolute atomic E-state index is 0.197. The Morgan fingerprint density at radius 3 is 2.71 bits per heavy atom. The van der Waals surface area contributed by atoms with Crippen LogP contribution in [0.1, 0.15) is 16.1 Å². The number of ether oxygens (including phenoxy) is 2. The summed E-state index contributed by atoms with van der Waals surface area (Å²) in [6.07, 6.45) is 1.38. The largest absolute Gasteiger partial charge is 0.486 e. The van der Waals surface area contributed by atoms with Crippen molar-refractivity contribution in [2.45, 2.75) is 10.6 Å². The predicted molar refractivity (Wildman–Crippen MR) is 78.2 cm³/mol. The highest BCUT2D eigenvalue weighted by Crippen LogP contribution is 2.34. The molecule has 21 heavy (non-hydrogen) atoms. The summed E-state index contributed by atoms with van der Waals surface area (Å²) in [5, 5.41) is 8.83. The van der Waals surface area contributed by atoms with E-state index in [2.05, 4.69) is 4.98 Å². The molecule has 0 saturated carbocycles.